The summed E-state index contributed by atoms with van der Waals surface area (Å²) < 4.78 is 13.7. The van der Waals surface area contributed by atoms with E-state index in [0.717, 1.165) is 28.4 Å². The fraction of sp³-hybridized carbons (Fsp3) is 0.391. The zero-order valence-corrected chi connectivity index (χ0v) is 17.9. The Morgan fingerprint density at radius 3 is 2.57 bits per heavy atom. The molecule has 1 heterocycles. The van der Waals surface area contributed by atoms with E-state index in [1.807, 2.05) is 37.3 Å². The molecule has 1 aromatic heterocycles. The number of nitrogens with one attached hydrogen (secondary N) is 1. The fourth-order valence-corrected chi connectivity index (χ4v) is 3.25. The Hall–Kier alpha value is -2.90. The fourth-order valence-electron chi connectivity index (χ4n) is 3.25. The summed E-state index contributed by atoms with van der Waals surface area (Å²) in [6, 6.07) is 14.0. The minimum absolute atomic E-state index is 0.107. The highest BCUT2D eigenvalue weighted by molar-refractivity contribution is 5.78. The Bertz CT molecular complexity index is 980. The quantitative estimate of drug-likeness (QED) is 0.472. The average Bonchev–Trinajstić information content (AvgIpc) is 3.05. The van der Waals surface area contributed by atoms with Crippen LogP contribution in [0.5, 0.6) is 11.5 Å². The van der Waals surface area contributed by atoms with E-state index in [-0.39, 0.29) is 6.54 Å². The van der Waals surface area contributed by atoms with Gasteiger partial charge in [-0.2, -0.15) is 0 Å². The maximum atomic E-state index is 11.0. The molecular formula is C23H30N4O3. The molecule has 2 aromatic carbocycles. The zero-order valence-electron chi connectivity index (χ0n) is 17.9. The van der Waals surface area contributed by atoms with Gasteiger partial charge in [-0.3, -0.25) is 4.79 Å². The van der Waals surface area contributed by atoms with Gasteiger partial charge in [0.15, 0.2) is 0 Å². The molecule has 0 aliphatic heterocycles. The number of ether oxygens (including phenoxy) is 2. The van der Waals surface area contributed by atoms with Crippen molar-refractivity contribution in [2.45, 2.75) is 39.8 Å². The van der Waals surface area contributed by atoms with Crippen LogP contribution >= 0.6 is 0 Å². The van der Waals surface area contributed by atoms with Crippen molar-refractivity contribution >= 4 is 16.9 Å². The molecule has 0 fully saturated rings. The Morgan fingerprint density at radius 2 is 1.90 bits per heavy atom. The number of imidazole rings is 1. The van der Waals surface area contributed by atoms with E-state index in [1.54, 1.807) is 0 Å². The molecule has 0 saturated carbocycles. The number of carbonyl (C=O) groups excluding carboxylic acids is 1. The number of carbonyl (C=O) groups is 1. The largest absolute Gasteiger partial charge is 0.457 e. The molecule has 0 radical (unpaired) electrons. The van der Waals surface area contributed by atoms with Gasteiger partial charge in [-0.05, 0) is 42.7 Å². The lowest BCUT2D eigenvalue weighted by atomic mass is 10.0. The van der Waals surface area contributed by atoms with Crippen LogP contribution in [-0.2, 0) is 22.6 Å². The lowest BCUT2D eigenvalue weighted by Gasteiger charge is -2.11. The SMILES string of the molecule is CCOCCn1c(CNCC(N)=O)nc2ccc(Oc3ccc(C(C)C)cc3)cc21. The van der Waals surface area contributed by atoms with Crippen LogP contribution in [0.3, 0.4) is 0 Å². The Kier molecular flexibility index (Phi) is 7.43. The Balaban J connectivity index is 1.84. The van der Waals surface area contributed by atoms with E-state index >= 15 is 0 Å². The average molecular weight is 411 g/mol. The zero-order chi connectivity index (χ0) is 21.5. The topological polar surface area (TPSA) is 91.4 Å². The number of rotatable bonds is 11. The van der Waals surface area contributed by atoms with Crippen molar-refractivity contribution in [1.82, 2.24) is 14.9 Å². The monoisotopic (exact) mass is 410 g/mol. The highest BCUT2D eigenvalue weighted by atomic mass is 16.5. The molecule has 7 nitrogen and oxygen atoms in total. The van der Waals surface area contributed by atoms with Gasteiger partial charge in [-0.25, -0.2) is 4.98 Å². The predicted molar refractivity (Wildman–Crippen MR) is 118 cm³/mol. The van der Waals surface area contributed by atoms with Gasteiger partial charge in [0.25, 0.3) is 0 Å². The molecular weight excluding hydrogens is 380 g/mol. The van der Waals surface area contributed by atoms with E-state index in [2.05, 4.69) is 35.9 Å². The van der Waals surface area contributed by atoms with Crippen LogP contribution in [0.4, 0.5) is 0 Å². The summed E-state index contributed by atoms with van der Waals surface area (Å²) >= 11 is 0. The molecule has 0 aliphatic rings. The highest BCUT2D eigenvalue weighted by Crippen LogP contribution is 2.27. The molecule has 0 saturated heterocycles. The predicted octanol–water partition coefficient (Wildman–Crippen LogP) is 3.56. The molecule has 0 atom stereocenters. The van der Waals surface area contributed by atoms with Gasteiger partial charge >= 0.3 is 0 Å². The molecule has 3 N–H and O–H groups in total. The van der Waals surface area contributed by atoms with Crippen molar-refractivity contribution in [1.29, 1.82) is 0 Å². The second-order valence-corrected chi connectivity index (χ2v) is 7.42. The molecule has 160 valence electrons. The number of primary amides is 1. The number of hydrogen-bond acceptors (Lipinski definition) is 5. The summed E-state index contributed by atoms with van der Waals surface area (Å²) in [5, 5.41) is 3.03. The highest BCUT2D eigenvalue weighted by Gasteiger charge is 2.12. The third-order valence-electron chi connectivity index (χ3n) is 4.83. The van der Waals surface area contributed by atoms with E-state index in [1.165, 1.54) is 5.56 Å². The van der Waals surface area contributed by atoms with E-state index in [9.17, 15) is 4.79 Å². The normalized spacial score (nSPS) is 11.3. The lowest BCUT2D eigenvalue weighted by Crippen LogP contribution is -2.29. The number of hydrogen-bond donors (Lipinski definition) is 2. The molecule has 0 unspecified atom stereocenters. The Morgan fingerprint density at radius 1 is 1.17 bits per heavy atom. The first-order chi connectivity index (χ1) is 14.5. The number of aromatic nitrogens is 2. The minimum Gasteiger partial charge on any atom is -0.457 e. The van der Waals surface area contributed by atoms with Gasteiger partial charge in [-0.15, -0.1) is 0 Å². The molecule has 0 spiro atoms. The summed E-state index contributed by atoms with van der Waals surface area (Å²) in [6.45, 7) is 8.75. The number of benzene rings is 2. The lowest BCUT2D eigenvalue weighted by molar-refractivity contribution is -0.117. The third kappa shape index (κ3) is 5.58. The smallest absolute Gasteiger partial charge is 0.231 e. The van der Waals surface area contributed by atoms with Crippen LogP contribution in [0.15, 0.2) is 42.5 Å². The van der Waals surface area contributed by atoms with Crippen LogP contribution in [-0.4, -0.2) is 35.2 Å². The molecule has 0 bridgehead atoms. The first-order valence-corrected chi connectivity index (χ1v) is 10.3. The van der Waals surface area contributed by atoms with Crippen molar-refractivity contribution < 1.29 is 14.3 Å². The van der Waals surface area contributed by atoms with Gasteiger partial charge in [0, 0.05) is 19.2 Å². The maximum Gasteiger partial charge on any atom is 0.231 e. The third-order valence-corrected chi connectivity index (χ3v) is 4.83. The van der Waals surface area contributed by atoms with Gasteiger partial charge in [-0.1, -0.05) is 26.0 Å². The van der Waals surface area contributed by atoms with Gasteiger partial charge < -0.3 is 25.1 Å². The summed E-state index contributed by atoms with van der Waals surface area (Å²) in [6.07, 6.45) is 0. The van der Waals surface area contributed by atoms with Crippen LogP contribution < -0.4 is 15.8 Å². The summed E-state index contributed by atoms with van der Waals surface area (Å²) in [7, 11) is 0. The number of nitrogens with two attached hydrogens (primary N) is 1. The second kappa shape index (κ2) is 10.2. The number of amides is 1. The standard InChI is InChI=1S/C23H30N4O3/c1-4-29-12-11-27-21-13-19(30-18-7-5-17(6-8-18)16(2)3)9-10-20(21)26-23(27)15-25-14-22(24)28/h5-10,13,16,25H,4,11-12,14-15H2,1-3H3,(H2,24,28). The first-order valence-electron chi connectivity index (χ1n) is 10.3. The summed E-state index contributed by atoms with van der Waals surface area (Å²) in [4.78, 5) is 15.7. The molecule has 7 heteroatoms. The maximum absolute atomic E-state index is 11.0. The molecule has 0 aliphatic carbocycles. The van der Waals surface area contributed by atoms with Gasteiger partial charge in [0.05, 0.1) is 30.7 Å². The summed E-state index contributed by atoms with van der Waals surface area (Å²) in [5.74, 6) is 2.45. The van der Waals surface area contributed by atoms with Gasteiger partial charge in [0.1, 0.15) is 17.3 Å². The van der Waals surface area contributed by atoms with Crippen LogP contribution in [0.25, 0.3) is 11.0 Å². The van der Waals surface area contributed by atoms with Crippen LogP contribution in [0.2, 0.25) is 0 Å². The van der Waals surface area contributed by atoms with E-state index in [0.29, 0.717) is 32.2 Å². The van der Waals surface area contributed by atoms with Gasteiger partial charge in [0.2, 0.25) is 5.91 Å². The molecule has 3 aromatic rings. The van der Waals surface area contributed by atoms with Crippen LogP contribution in [0.1, 0.15) is 38.1 Å². The second-order valence-electron chi connectivity index (χ2n) is 7.42. The molecule has 1 amide bonds. The van der Waals surface area contributed by atoms with E-state index in [4.69, 9.17) is 20.2 Å². The summed E-state index contributed by atoms with van der Waals surface area (Å²) in [5.41, 5.74) is 8.33. The number of fused-ring (bicyclic) bond motifs is 1. The van der Waals surface area contributed by atoms with Crippen LogP contribution in [0, 0.1) is 0 Å². The van der Waals surface area contributed by atoms with E-state index < -0.39 is 5.91 Å². The van der Waals surface area contributed by atoms with Crippen molar-refractivity contribution in [3.8, 4) is 11.5 Å². The Labute approximate surface area is 177 Å². The van der Waals surface area contributed by atoms with Crippen molar-refractivity contribution in [2.75, 3.05) is 19.8 Å². The first kappa shape index (κ1) is 21.8. The molecule has 3 rings (SSSR count). The molecule has 30 heavy (non-hydrogen) atoms. The minimum atomic E-state index is -0.397. The number of nitrogens with zero attached hydrogens (tertiary/aromatic N) is 2. The van der Waals surface area contributed by atoms with Crippen molar-refractivity contribution in [3.63, 3.8) is 0 Å². The van der Waals surface area contributed by atoms with Crippen molar-refractivity contribution in [3.05, 3.63) is 53.9 Å². The van der Waals surface area contributed by atoms with Crippen molar-refractivity contribution in [2.24, 2.45) is 5.73 Å².